The smallest absolute Gasteiger partial charge is 0.170 e. The number of hydrogen-bond donors (Lipinski definition) is 2. The summed E-state index contributed by atoms with van der Waals surface area (Å²) in [6.45, 7) is 5.04. The van der Waals surface area contributed by atoms with E-state index in [0.717, 1.165) is 22.9 Å². The minimum absolute atomic E-state index is 0.00684. The molecule has 150 valence electrons. The first-order chi connectivity index (χ1) is 14.1. The van der Waals surface area contributed by atoms with Crippen LogP contribution in [0, 0.1) is 13.8 Å². The van der Waals surface area contributed by atoms with Crippen molar-refractivity contribution >= 4 is 17.3 Å². The normalized spacial score (nSPS) is 18.9. The van der Waals surface area contributed by atoms with Crippen molar-refractivity contribution in [2.45, 2.75) is 32.4 Å². The summed E-state index contributed by atoms with van der Waals surface area (Å²) in [5.41, 5.74) is 4.40. The molecule has 4 heterocycles. The zero-order valence-electron chi connectivity index (χ0n) is 16.6. The number of pyridine rings is 2. The van der Waals surface area contributed by atoms with Crippen molar-refractivity contribution in [1.29, 1.82) is 0 Å². The summed E-state index contributed by atoms with van der Waals surface area (Å²) in [5, 5.41) is 13.5. The third kappa shape index (κ3) is 3.63. The first-order valence-corrected chi connectivity index (χ1v) is 10.2. The number of nitrogens with zero attached hydrogens (tertiary/aromatic N) is 4. The van der Waals surface area contributed by atoms with E-state index in [1.54, 1.807) is 0 Å². The molecule has 7 heteroatoms. The van der Waals surface area contributed by atoms with Gasteiger partial charge < -0.3 is 19.9 Å². The number of hydrogen-bond acceptors (Lipinski definition) is 4. The molecule has 0 aromatic carbocycles. The molecular weight excluding hydrogens is 382 g/mol. The minimum atomic E-state index is -0.0555. The summed E-state index contributed by atoms with van der Waals surface area (Å²) in [4.78, 5) is 11.3. The average Bonchev–Trinajstić information content (AvgIpc) is 3.23. The highest BCUT2D eigenvalue weighted by Gasteiger charge is 2.41. The Balaban J connectivity index is 1.81. The third-order valence-corrected chi connectivity index (χ3v) is 5.77. The Morgan fingerprint density at radius 1 is 1.10 bits per heavy atom. The van der Waals surface area contributed by atoms with E-state index in [-0.39, 0.29) is 18.7 Å². The van der Waals surface area contributed by atoms with Crippen molar-refractivity contribution in [2.24, 2.45) is 0 Å². The fourth-order valence-electron chi connectivity index (χ4n) is 4.15. The molecule has 2 atom stereocenters. The van der Waals surface area contributed by atoms with Gasteiger partial charge in [0.25, 0.3) is 0 Å². The fourth-order valence-corrected chi connectivity index (χ4v) is 4.48. The predicted molar refractivity (Wildman–Crippen MR) is 117 cm³/mol. The van der Waals surface area contributed by atoms with Crippen molar-refractivity contribution in [3.05, 3.63) is 77.5 Å². The lowest BCUT2D eigenvalue weighted by molar-refractivity contribution is 0.247. The lowest BCUT2D eigenvalue weighted by Gasteiger charge is -2.28. The number of nitrogens with one attached hydrogen (secondary N) is 1. The zero-order chi connectivity index (χ0) is 20.4. The number of aryl methyl sites for hydroxylation is 1. The number of aromatic nitrogens is 3. The van der Waals surface area contributed by atoms with Gasteiger partial charge in [0, 0.05) is 36.9 Å². The Hall–Kier alpha value is -2.77. The number of aliphatic hydroxyl groups excluding tert-OH is 1. The van der Waals surface area contributed by atoms with E-state index in [9.17, 15) is 5.11 Å². The molecule has 29 heavy (non-hydrogen) atoms. The highest BCUT2D eigenvalue weighted by Crippen LogP contribution is 2.41. The number of rotatable bonds is 6. The van der Waals surface area contributed by atoms with Crippen LogP contribution in [-0.4, -0.2) is 42.8 Å². The van der Waals surface area contributed by atoms with E-state index in [1.807, 2.05) is 48.8 Å². The summed E-state index contributed by atoms with van der Waals surface area (Å²) in [6.07, 6.45) is 4.28. The summed E-state index contributed by atoms with van der Waals surface area (Å²) in [5.74, 6) is 0.901. The van der Waals surface area contributed by atoms with Crippen molar-refractivity contribution in [1.82, 2.24) is 24.8 Å². The van der Waals surface area contributed by atoms with Gasteiger partial charge in [0.1, 0.15) is 5.82 Å². The van der Waals surface area contributed by atoms with Gasteiger partial charge in [-0.2, -0.15) is 0 Å². The van der Waals surface area contributed by atoms with Crippen LogP contribution in [-0.2, 0) is 0 Å². The van der Waals surface area contributed by atoms with Crippen molar-refractivity contribution in [3.63, 3.8) is 0 Å². The van der Waals surface area contributed by atoms with Crippen molar-refractivity contribution in [3.8, 4) is 5.82 Å². The Morgan fingerprint density at radius 3 is 2.52 bits per heavy atom. The van der Waals surface area contributed by atoms with Crippen LogP contribution >= 0.6 is 12.2 Å². The average molecular weight is 408 g/mol. The molecule has 6 nitrogen and oxygen atoms in total. The molecule has 3 aromatic rings. The van der Waals surface area contributed by atoms with E-state index >= 15 is 0 Å². The fraction of sp³-hybridized carbons (Fsp3) is 0.318. The van der Waals surface area contributed by atoms with Crippen LogP contribution in [0.5, 0.6) is 0 Å². The van der Waals surface area contributed by atoms with Gasteiger partial charge in [0.15, 0.2) is 5.11 Å². The highest BCUT2D eigenvalue weighted by molar-refractivity contribution is 7.80. The minimum Gasteiger partial charge on any atom is -0.396 e. The standard InChI is InChI=1S/C22H25N5OS/c1-15-14-17(16(2)27(15)19-9-4-6-11-24-19)21-20(18-8-3-5-10-23-18)25-22(29)26(21)12-7-13-28/h3-6,8-11,14,20-21,28H,7,12-13H2,1-2H3,(H,25,29)/t20-,21+/m0/s1. The van der Waals surface area contributed by atoms with Crippen molar-refractivity contribution < 1.29 is 5.11 Å². The van der Waals surface area contributed by atoms with Crippen LogP contribution < -0.4 is 5.32 Å². The maximum Gasteiger partial charge on any atom is 0.170 e. The molecule has 0 spiro atoms. The quantitative estimate of drug-likeness (QED) is 0.612. The molecule has 0 bridgehead atoms. The molecule has 1 fully saturated rings. The Morgan fingerprint density at radius 2 is 1.86 bits per heavy atom. The van der Waals surface area contributed by atoms with E-state index < -0.39 is 0 Å². The highest BCUT2D eigenvalue weighted by atomic mass is 32.1. The van der Waals surface area contributed by atoms with Gasteiger partial charge in [-0.3, -0.25) is 4.98 Å². The first kappa shape index (κ1) is 19.5. The van der Waals surface area contributed by atoms with Crippen LogP contribution in [0.4, 0.5) is 0 Å². The molecule has 4 rings (SSSR count). The van der Waals surface area contributed by atoms with Crippen LogP contribution in [0.15, 0.2) is 54.9 Å². The Kier molecular flexibility index (Phi) is 5.60. The monoisotopic (exact) mass is 407 g/mol. The molecule has 1 aliphatic rings. The lowest BCUT2D eigenvalue weighted by atomic mass is 9.96. The lowest BCUT2D eigenvalue weighted by Crippen LogP contribution is -2.31. The van der Waals surface area contributed by atoms with Gasteiger partial charge in [-0.1, -0.05) is 12.1 Å². The summed E-state index contributed by atoms with van der Waals surface area (Å²) in [7, 11) is 0. The SMILES string of the molecule is Cc1cc([C@@H]2[C@H](c3ccccn3)NC(=S)N2CCCO)c(C)n1-c1ccccn1. The first-order valence-electron chi connectivity index (χ1n) is 9.81. The molecule has 0 saturated carbocycles. The van der Waals surface area contributed by atoms with Gasteiger partial charge in [-0.05, 0) is 68.4 Å². The molecule has 0 aliphatic carbocycles. The van der Waals surface area contributed by atoms with Gasteiger partial charge in [0.2, 0.25) is 0 Å². The van der Waals surface area contributed by atoms with E-state index in [2.05, 4.69) is 44.7 Å². The van der Waals surface area contributed by atoms with Crippen molar-refractivity contribution in [2.75, 3.05) is 13.2 Å². The van der Waals surface area contributed by atoms with Gasteiger partial charge in [0.05, 0.1) is 17.8 Å². The zero-order valence-corrected chi connectivity index (χ0v) is 17.4. The second-order valence-corrected chi connectivity index (χ2v) is 7.63. The predicted octanol–water partition coefficient (Wildman–Crippen LogP) is 3.24. The largest absolute Gasteiger partial charge is 0.396 e. The Labute approximate surface area is 176 Å². The third-order valence-electron chi connectivity index (χ3n) is 5.42. The molecular formula is C22H25N5OS. The second kappa shape index (κ2) is 8.31. The molecule has 2 N–H and O–H groups in total. The molecule has 1 aliphatic heterocycles. The molecule has 1 saturated heterocycles. The molecule has 0 amide bonds. The summed E-state index contributed by atoms with van der Waals surface area (Å²) >= 11 is 5.67. The van der Waals surface area contributed by atoms with E-state index in [1.165, 1.54) is 5.56 Å². The maximum absolute atomic E-state index is 9.39. The molecule has 0 unspecified atom stereocenters. The van der Waals surface area contributed by atoms with Crippen LogP contribution in [0.2, 0.25) is 0 Å². The number of thiocarbonyl (C=S) groups is 1. The van der Waals surface area contributed by atoms with E-state index in [4.69, 9.17) is 12.2 Å². The summed E-state index contributed by atoms with van der Waals surface area (Å²) in [6, 6.07) is 14.0. The van der Waals surface area contributed by atoms with Gasteiger partial charge >= 0.3 is 0 Å². The number of aliphatic hydroxyl groups is 1. The van der Waals surface area contributed by atoms with Crippen LogP contribution in [0.25, 0.3) is 5.82 Å². The van der Waals surface area contributed by atoms with E-state index in [0.29, 0.717) is 18.1 Å². The van der Waals surface area contributed by atoms with Gasteiger partial charge in [-0.15, -0.1) is 0 Å². The maximum atomic E-state index is 9.39. The molecule has 0 radical (unpaired) electrons. The van der Waals surface area contributed by atoms with Crippen LogP contribution in [0.3, 0.4) is 0 Å². The summed E-state index contributed by atoms with van der Waals surface area (Å²) < 4.78 is 2.18. The molecule has 3 aromatic heterocycles. The van der Waals surface area contributed by atoms with Gasteiger partial charge in [-0.25, -0.2) is 4.98 Å². The topological polar surface area (TPSA) is 66.2 Å². The second-order valence-electron chi connectivity index (χ2n) is 7.25. The van der Waals surface area contributed by atoms with Crippen LogP contribution in [0.1, 0.15) is 41.1 Å². The Bertz CT molecular complexity index is 989.